The third kappa shape index (κ3) is 2.17. The number of nitrogens with zero attached hydrogens (tertiary/aromatic N) is 1. The first-order valence-corrected chi connectivity index (χ1v) is 5.35. The molecule has 1 aromatic carbocycles. The summed E-state index contributed by atoms with van der Waals surface area (Å²) in [5.41, 5.74) is 1.73. The highest BCUT2D eigenvalue weighted by Crippen LogP contribution is 2.25. The zero-order chi connectivity index (χ0) is 12.4. The number of rotatable bonds is 4. The van der Waals surface area contributed by atoms with Crippen LogP contribution in [-0.2, 0) is 11.8 Å². The van der Waals surface area contributed by atoms with Crippen molar-refractivity contribution in [3.63, 3.8) is 0 Å². The van der Waals surface area contributed by atoms with Crippen molar-refractivity contribution in [1.29, 1.82) is 0 Å². The zero-order valence-electron chi connectivity index (χ0n) is 10.2. The number of aromatic nitrogens is 1. The Labute approximate surface area is 99.7 Å². The van der Waals surface area contributed by atoms with Gasteiger partial charge in [-0.05, 0) is 25.1 Å². The average Bonchev–Trinajstić information content (AvgIpc) is 2.64. The van der Waals surface area contributed by atoms with Crippen molar-refractivity contribution >= 4 is 16.7 Å². The minimum atomic E-state index is 0.0551. The fourth-order valence-corrected chi connectivity index (χ4v) is 1.87. The standard InChI is InChI=1S/C13H15NO3/c1-9(15)12-7-14(2)13-5-4-10(6-11(12)13)17-8-16-3/h4-7H,8H2,1-3H3. The summed E-state index contributed by atoms with van der Waals surface area (Å²) in [7, 11) is 3.49. The van der Waals surface area contributed by atoms with Gasteiger partial charge in [-0.3, -0.25) is 4.79 Å². The van der Waals surface area contributed by atoms with Crippen LogP contribution in [0.25, 0.3) is 10.9 Å². The lowest BCUT2D eigenvalue weighted by Gasteiger charge is -2.05. The van der Waals surface area contributed by atoms with Gasteiger partial charge >= 0.3 is 0 Å². The second-order valence-corrected chi connectivity index (χ2v) is 3.94. The van der Waals surface area contributed by atoms with Crippen LogP contribution in [0.15, 0.2) is 24.4 Å². The highest BCUT2D eigenvalue weighted by atomic mass is 16.7. The minimum Gasteiger partial charge on any atom is -0.468 e. The van der Waals surface area contributed by atoms with E-state index < -0.39 is 0 Å². The largest absolute Gasteiger partial charge is 0.468 e. The predicted molar refractivity (Wildman–Crippen MR) is 65.4 cm³/mol. The van der Waals surface area contributed by atoms with Gasteiger partial charge in [0, 0.05) is 36.8 Å². The van der Waals surface area contributed by atoms with Crippen LogP contribution in [0.5, 0.6) is 5.75 Å². The third-order valence-corrected chi connectivity index (χ3v) is 2.68. The van der Waals surface area contributed by atoms with E-state index in [1.54, 1.807) is 14.0 Å². The number of benzene rings is 1. The highest BCUT2D eigenvalue weighted by Gasteiger charge is 2.11. The lowest BCUT2D eigenvalue weighted by atomic mass is 10.1. The van der Waals surface area contributed by atoms with E-state index in [1.807, 2.05) is 36.0 Å². The van der Waals surface area contributed by atoms with Gasteiger partial charge < -0.3 is 14.0 Å². The van der Waals surface area contributed by atoms with E-state index in [-0.39, 0.29) is 12.6 Å². The molecule has 0 aliphatic rings. The maximum absolute atomic E-state index is 11.5. The second kappa shape index (κ2) is 4.59. The Morgan fingerprint density at radius 1 is 1.41 bits per heavy atom. The van der Waals surface area contributed by atoms with E-state index in [4.69, 9.17) is 9.47 Å². The van der Waals surface area contributed by atoms with Gasteiger partial charge in [0.25, 0.3) is 0 Å². The van der Waals surface area contributed by atoms with Crippen LogP contribution >= 0.6 is 0 Å². The Balaban J connectivity index is 2.50. The Hall–Kier alpha value is -1.81. The molecule has 17 heavy (non-hydrogen) atoms. The Morgan fingerprint density at radius 3 is 2.82 bits per heavy atom. The van der Waals surface area contributed by atoms with Gasteiger partial charge in [0.1, 0.15) is 5.75 Å². The average molecular weight is 233 g/mol. The highest BCUT2D eigenvalue weighted by molar-refractivity contribution is 6.07. The van der Waals surface area contributed by atoms with Gasteiger partial charge in [-0.2, -0.15) is 0 Å². The van der Waals surface area contributed by atoms with E-state index >= 15 is 0 Å². The number of carbonyl (C=O) groups is 1. The number of hydrogen-bond donors (Lipinski definition) is 0. The molecular weight excluding hydrogens is 218 g/mol. The summed E-state index contributed by atoms with van der Waals surface area (Å²) in [5, 5.41) is 0.911. The van der Waals surface area contributed by atoms with Crippen LogP contribution in [0.2, 0.25) is 0 Å². The van der Waals surface area contributed by atoms with Gasteiger partial charge in [-0.25, -0.2) is 0 Å². The van der Waals surface area contributed by atoms with Gasteiger partial charge in [-0.1, -0.05) is 0 Å². The van der Waals surface area contributed by atoms with Crippen molar-refractivity contribution in [1.82, 2.24) is 4.57 Å². The lowest BCUT2D eigenvalue weighted by molar-refractivity contribution is 0.0512. The van der Waals surface area contributed by atoms with Crippen LogP contribution in [0.1, 0.15) is 17.3 Å². The van der Waals surface area contributed by atoms with Crippen molar-refractivity contribution in [2.45, 2.75) is 6.92 Å². The molecular formula is C13H15NO3. The third-order valence-electron chi connectivity index (χ3n) is 2.68. The number of ketones is 1. The van der Waals surface area contributed by atoms with Crippen molar-refractivity contribution < 1.29 is 14.3 Å². The normalized spacial score (nSPS) is 10.8. The number of hydrogen-bond acceptors (Lipinski definition) is 3. The summed E-state index contributed by atoms with van der Waals surface area (Å²) < 4.78 is 12.1. The van der Waals surface area contributed by atoms with Crippen molar-refractivity contribution in [2.75, 3.05) is 13.9 Å². The molecule has 0 bridgehead atoms. The van der Waals surface area contributed by atoms with E-state index in [1.165, 1.54) is 0 Å². The summed E-state index contributed by atoms with van der Waals surface area (Å²) in [6.45, 7) is 1.77. The number of fused-ring (bicyclic) bond motifs is 1. The topological polar surface area (TPSA) is 40.5 Å². The van der Waals surface area contributed by atoms with E-state index in [2.05, 4.69) is 0 Å². The summed E-state index contributed by atoms with van der Waals surface area (Å²) >= 11 is 0. The Kier molecular flexibility index (Phi) is 3.15. The monoisotopic (exact) mass is 233 g/mol. The lowest BCUT2D eigenvalue weighted by Crippen LogP contribution is -1.98. The summed E-state index contributed by atoms with van der Waals surface area (Å²) in [6, 6.07) is 5.67. The first kappa shape index (κ1) is 11.7. The van der Waals surface area contributed by atoms with Crippen LogP contribution in [0.3, 0.4) is 0 Å². The van der Waals surface area contributed by atoms with Gasteiger partial charge in [-0.15, -0.1) is 0 Å². The molecule has 0 aliphatic heterocycles. The molecule has 0 saturated heterocycles. The SMILES string of the molecule is COCOc1ccc2c(c1)c(C(C)=O)cn2C. The molecule has 1 aromatic heterocycles. The molecule has 0 saturated carbocycles. The molecule has 0 atom stereocenters. The molecule has 0 spiro atoms. The molecule has 2 aromatic rings. The van der Waals surface area contributed by atoms with Gasteiger partial charge in [0.15, 0.2) is 12.6 Å². The van der Waals surface area contributed by atoms with Crippen molar-refractivity contribution in [3.8, 4) is 5.75 Å². The molecule has 4 heteroatoms. The van der Waals surface area contributed by atoms with Gasteiger partial charge in [0.05, 0.1) is 0 Å². The minimum absolute atomic E-state index is 0.0551. The number of ether oxygens (including phenoxy) is 2. The predicted octanol–water partition coefficient (Wildman–Crippen LogP) is 2.36. The molecule has 1 heterocycles. The van der Waals surface area contributed by atoms with Crippen LogP contribution in [0, 0.1) is 0 Å². The first-order chi connectivity index (χ1) is 8.13. The van der Waals surface area contributed by atoms with E-state index in [0.717, 1.165) is 10.9 Å². The number of Topliss-reactive ketones (excluding diaryl/α,β-unsaturated/α-hetero) is 1. The quantitative estimate of drug-likeness (QED) is 0.601. The number of carbonyl (C=O) groups excluding carboxylic acids is 1. The van der Waals surface area contributed by atoms with Crippen LogP contribution < -0.4 is 4.74 Å². The maximum Gasteiger partial charge on any atom is 0.188 e. The zero-order valence-corrected chi connectivity index (χ0v) is 10.2. The Bertz CT molecular complexity index is 557. The first-order valence-electron chi connectivity index (χ1n) is 5.35. The van der Waals surface area contributed by atoms with E-state index in [9.17, 15) is 4.79 Å². The molecule has 0 unspecified atom stereocenters. The summed E-state index contributed by atoms with van der Waals surface area (Å²) in [5.74, 6) is 0.757. The second-order valence-electron chi connectivity index (χ2n) is 3.94. The molecule has 0 radical (unpaired) electrons. The van der Waals surface area contributed by atoms with Crippen molar-refractivity contribution in [3.05, 3.63) is 30.0 Å². The van der Waals surface area contributed by atoms with Crippen molar-refractivity contribution in [2.24, 2.45) is 7.05 Å². The fourth-order valence-electron chi connectivity index (χ4n) is 1.87. The van der Waals surface area contributed by atoms with E-state index in [0.29, 0.717) is 11.3 Å². The fraction of sp³-hybridized carbons (Fsp3) is 0.308. The maximum atomic E-state index is 11.5. The van der Waals surface area contributed by atoms with Crippen LogP contribution in [-0.4, -0.2) is 24.3 Å². The molecule has 0 N–H and O–H groups in total. The molecule has 90 valence electrons. The Morgan fingerprint density at radius 2 is 2.18 bits per heavy atom. The molecule has 2 rings (SSSR count). The van der Waals surface area contributed by atoms with Gasteiger partial charge in [0.2, 0.25) is 0 Å². The molecule has 4 nitrogen and oxygen atoms in total. The number of aryl methyl sites for hydroxylation is 1. The molecule has 0 amide bonds. The summed E-state index contributed by atoms with van der Waals surface area (Å²) in [4.78, 5) is 11.5. The van der Waals surface area contributed by atoms with Crippen LogP contribution in [0.4, 0.5) is 0 Å². The molecule has 0 aliphatic carbocycles. The number of methoxy groups -OCH3 is 1. The summed E-state index contributed by atoms with van der Waals surface area (Å²) in [6.07, 6.45) is 1.84. The smallest absolute Gasteiger partial charge is 0.188 e. The molecule has 0 fully saturated rings.